The van der Waals surface area contributed by atoms with Crippen LogP contribution >= 0.6 is 11.5 Å². The van der Waals surface area contributed by atoms with Crippen molar-refractivity contribution in [3.63, 3.8) is 0 Å². The zero-order chi connectivity index (χ0) is 21.1. The Morgan fingerprint density at radius 2 is 2.00 bits per heavy atom. The molecule has 0 aliphatic heterocycles. The van der Waals surface area contributed by atoms with Gasteiger partial charge in [-0.15, -0.1) is 0 Å². The number of hydrogen-bond acceptors (Lipinski definition) is 5. The lowest BCUT2D eigenvalue weighted by molar-refractivity contribution is 0.429. The molecule has 1 aromatic carbocycles. The van der Waals surface area contributed by atoms with Crippen molar-refractivity contribution in [1.82, 2.24) is 9.27 Å². The molecule has 0 saturated heterocycles. The summed E-state index contributed by atoms with van der Waals surface area (Å²) in [5.74, 6) is 0.731. The molecular formula is C22H30N4OS. The van der Waals surface area contributed by atoms with Gasteiger partial charge in [-0.3, -0.25) is 0 Å². The number of ether oxygens (including phenoxy) is 1. The van der Waals surface area contributed by atoms with Gasteiger partial charge in [0, 0.05) is 30.0 Å². The number of aliphatic imine (C=N–C) groups is 1. The van der Waals surface area contributed by atoms with Gasteiger partial charge < -0.3 is 9.64 Å². The van der Waals surface area contributed by atoms with Gasteiger partial charge in [0.2, 0.25) is 5.06 Å². The van der Waals surface area contributed by atoms with Gasteiger partial charge in [0.05, 0.1) is 17.7 Å². The average Bonchev–Trinajstić information content (AvgIpc) is 3.06. The highest BCUT2D eigenvalue weighted by Gasteiger charge is 2.28. The Labute approximate surface area is 172 Å². The van der Waals surface area contributed by atoms with Gasteiger partial charge in [-0.25, -0.2) is 4.99 Å². The summed E-state index contributed by atoms with van der Waals surface area (Å²) in [6.07, 6.45) is 2.75. The van der Waals surface area contributed by atoms with Gasteiger partial charge in [0.1, 0.15) is 17.4 Å². The summed E-state index contributed by atoms with van der Waals surface area (Å²) in [5, 5.41) is 10.2. The van der Waals surface area contributed by atoms with E-state index in [2.05, 4.69) is 55.0 Å². The Morgan fingerprint density at radius 1 is 1.32 bits per heavy atom. The predicted octanol–water partition coefficient (Wildman–Crippen LogP) is 6.11. The first-order valence-electron chi connectivity index (χ1n) is 9.56. The number of nitrogens with zero attached hydrogens (tertiary/aromatic N) is 4. The Morgan fingerprint density at radius 3 is 2.57 bits per heavy atom. The second kappa shape index (κ2) is 8.74. The molecule has 28 heavy (non-hydrogen) atoms. The van der Waals surface area contributed by atoms with Crippen LogP contribution in [0.4, 0.5) is 5.69 Å². The van der Waals surface area contributed by atoms with Crippen LogP contribution in [0.15, 0.2) is 17.1 Å². The average molecular weight is 399 g/mol. The summed E-state index contributed by atoms with van der Waals surface area (Å²) >= 11 is 1.24. The number of aromatic nitrogens is 1. The molecule has 0 amide bonds. The van der Waals surface area contributed by atoms with Crippen molar-refractivity contribution < 1.29 is 4.74 Å². The van der Waals surface area contributed by atoms with Crippen molar-refractivity contribution in [2.75, 3.05) is 7.05 Å². The molecular weight excluding hydrogens is 368 g/mol. The number of nitriles is 1. The summed E-state index contributed by atoms with van der Waals surface area (Å²) in [6.45, 7) is 14.5. The van der Waals surface area contributed by atoms with Crippen LogP contribution in [0.3, 0.4) is 0 Å². The molecule has 0 atom stereocenters. The summed E-state index contributed by atoms with van der Waals surface area (Å²) in [5.41, 5.74) is 4.09. The third-order valence-electron chi connectivity index (χ3n) is 5.19. The summed E-state index contributed by atoms with van der Waals surface area (Å²) in [4.78, 5) is 6.66. The standard InChI is InChI=1S/C22H30N4OS/c1-9-22(6,7)20-17(12-23)21(28-25-20)27-19-11-15(4)18(10-16(19)5)24-13-26(8)14(2)3/h10-11,13-14H,9H2,1-8H3. The zero-order valence-electron chi connectivity index (χ0n) is 18.1. The van der Waals surface area contributed by atoms with E-state index in [4.69, 9.17) is 4.74 Å². The first kappa shape index (κ1) is 21.9. The minimum absolute atomic E-state index is 0.158. The third kappa shape index (κ3) is 4.71. The smallest absolute Gasteiger partial charge is 0.218 e. The van der Waals surface area contributed by atoms with Crippen molar-refractivity contribution in [3.8, 4) is 16.9 Å². The second-order valence-corrected chi connectivity index (χ2v) is 8.79. The van der Waals surface area contributed by atoms with Crippen LogP contribution in [0.5, 0.6) is 10.8 Å². The normalized spacial score (nSPS) is 11.9. The largest absolute Gasteiger partial charge is 0.443 e. The highest BCUT2D eigenvalue weighted by atomic mass is 32.1. The van der Waals surface area contributed by atoms with Crippen molar-refractivity contribution in [3.05, 3.63) is 34.5 Å². The molecule has 6 heteroatoms. The highest BCUT2D eigenvalue weighted by Crippen LogP contribution is 2.40. The van der Waals surface area contributed by atoms with E-state index in [-0.39, 0.29) is 5.41 Å². The fourth-order valence-electron chi connectivity index (χ4n) is 2.48. The van der Waals surface area contributed by atoms with Gasteiger partial charge in [-0.1, -0.05) is 20.8 Å². The van der Waals surface area contributed by atoms with Gasteiger partial charge in [0.25, 0.3) is 0 Å². The Hall–Kier alpha value is -2.39. The molecule has 0 fully saturated rings. The molecule has 2 rings (SSSR count). The van der Waals surface area contributed by atoms with Crippen LogP contribution in [-0.2, 0) is 5.41 Å². The Balaban J connectivity index is 2.34. The highest BCUT2D eigenvalue weighted by molar-refractivity contribution is 7.08. The third-order valence-corrected chi connectivity index (χ3v) is 5.91. The van der Waals surface area contributed by atoms with E-state index in [0.29, 0.717) is 16.7 Å². The van der Waals surface area contributed by atoms with Crippen molar-refractivity contribution in [1.29, 1.82) is 5.26 Å². The summed E-state index contributed by atoms with van der Waals surface area (Å²) in [6, 6.07) is 6.67. The van der Waals surface area contributed by atoms with Gasteiger partial charge in [0.15, 0.2) is 0 Å². The molecule has 0 radical (unpaired) electrons. The predicted molar refractivity (Wildman–Crippen MR) is 117 cm³/mol. The number of rotatable bonds is 7. The number of aryl methyl sites for hydroxylation is 2. The van der Waals surface area contributed by atoms with Gasteiger partial charge in [-0.2, -0.15) is 9.64 Å². The minimum Gasteiger partial charge on any atom is -0.443 e. The van der Waals surface area contributed by atoms with Gasteiger partial charge >= 0.3 is 0 Å². The van der Waals surface area contributed by atoms with Gasteiger partial charge in [-0.05, 0) is 57.4 Å². The molecule has 1 heterocycles. The molecule has 2 aromatic rings. The van der Waals surface area contributed by atoms with Crippen LogP contribution < -0.4 is 4.74 Å². The second-order valence-electron chi connectivity index (χ2n) is 8.05. The Kier molecular flexibility index (Phi) is 6.84. The summed E-state index contributed by atoms with van der Waals surface area (Å²) < 4.78 is 10.6. The molecule has 0 saturated carbocycles. The first-order chi connectivity index (χ1) is 13.1. The van der Waals surface area contributed by atoms with Crippen LogP contribution in [0, 0.1) is 25.2 Å². The molecule has 0 aliphatic rings. The molecule has 5 nitrogen and oxygen atoms in total. The number of hydrogen-bond donors (Lipinski definition) is 0. The molecule has 0 unspecified atom stereocenters. The fourth-order valence-corrected chi connectivity index (χ4v) is 3.36. The van der Waals surface area contributed by atoms with Crippen LogP contribution in [0.2, 0.25) is 0 Å². The van der Waals surface area contributed by atoms with E-state index >= 15 is 0 Å². The topological polar surface area (TPSA) is 61.5 Å². The summed E-state index contributed by atoms with van der Waals surface area (Å²) in [7, 11) is 2.01. The lowest BCUT2D eigenvalue weighted by Gasteiger charge is -2.20. The quantitative estimate of drug-likeness (QED) is 0.417. The molecule has 0 aliphatic carbocycles. The van der Waals surface area contributed by atoms with E-state index in [1.54, 1.807) is 0 Å². The maximum Gasteiger partial charge on any atom is 0.218 e. The van der Waals surface area contributed by atoms with Crippen molar-refractivity contribution in [2.45, 2.75) is 66.3 Å². The van der Waals surface area contributed by atoms with Crippen molar-refractivity contribution >= 4 is 23.6 Å². The Bertz CT molecular complexity index is 906. The molecule has 0 spiro atoms. The molecule has 1 aromatic heterocycles. The van der Waals surface area contributed by atoms with Crippen LogP contribution in [-0.4, -0.2) is 28.7 Å². The number of benzene rings is 1. The molecule has 150 valence electrons. The first-order valence-corrected chi connectivity index (χ1v) is 10.3. The van der Waals surface area contributed by atoms with E-state index in [0.717, 1.165) is 34.7 Å². The molecule has 0 N–H and O–H groups in total. The van der Waals surface area contributed by atoms with Crippen LogP contribution in [0.25, 0.3) is 0 Å². The van der Waals surface area contributed by atoms with Crippen LogP contribution in [0.1, 0.15) is 63.4 Å². The lowest BCUT2D eigenvalue weighted by atomic mass is 9.84. The van der Waals surface area contributed by atoms with E-state index < -0.39 is 0 Å². The maximum atomic E-state index is 9.67. The van der Waals surface area contributed by atoms with E-state index in [9.17, 15) is 5.26 Å². The molecule has 0 bridgehead atoms. The van der Waals surface area contributed by atoms with E-state index in [1.807, 2.05) is 39.4 Å². The van der Waals surface area contributed by atoms with Crippen molar-refractivity contribution in [2.24, 2.45) is 4.99 Å². The lowest BCUT2D eigenvalue weighted by Crippen LogP contribution is -2.24. The maximum absolute atomic E-state index is 9.67. The monoisotopic (exact) mass is 398 g/mol. The fraction of sp³-hybridized carbons (Fsp3) is 0.500. The zero-order valence-corrected chi connectivity index (χ0v) is 18.9. The minimum atomic E-state index is -0.158. The SMILES string of the molecule is CCC(C)(C)c1nsc(Oc2cc(C)c(N=CN(C)C(C)C)cc2C)c1C#N. The van der Waals surface area contributed by atoms with E-state index in [1.165, 1.54) is 11.5 Å².